The molecule has 0 bridgehead atoms. The van der Waals surface area contributed by atoms with Gasteiger partial charge in [0.2, 0.25) is 0 Å². The van der Waals surface area contributed by atoms with Crippen molar-refractivity contribution in [1.29, 1.82) is 0 Å². The maximum atomic E-state index is 5.99. The maximum absolute atomic E-state index is 5.99. The molecule has 2 aromatic rings. The molecule has 12 heavy (non-hydrogen) atoms. The Kier molecular flexibility index (Phi) is 1.85. The Labute approximate surface area is 83.3 Å². The van der Waals surface area contributed by atoms with Gasteiger partial charge in [-0.3, -0.25) is 0 Å². The van der Waals surface area contributed by atoms with E-state index in [4.69, 9.17) is 11.6 Å². The molecule has 62 valence electrons. The van der Waals surface area contributed by atoms with Gasteiger partial charge in [0.1, 0.15) is 5.65 Å². The van der Waals surface area contributed by atoms with Crippen molar-refractivity contribution in [3.05, 3.63) is 28.0 Å². The number of fused-ring (bicyclic) bond motifs is 1. The van der Waals surface area contributed by atoms with Crippen molar-refractivity contribution < 1.29 is 0 Å². The van der Waals surface area contributed by atoms with Gasteiger partial charge in [0.25, 0.3) is 0 Å². The first kappa shape index (κ1) is 8.08. The third kappa shape index (κ3) is 1.04. The molecule has 0 aliphatic carbocycles. The standard InChI is InChI=1S/C8H6BrClN2/c1-12-4-5(9)7-6(10)2-3-11-8(7)12/h2-4H,1H3. The minimum atomic E-state index is 0.729. The Morgan fingerprint density at radius 1 is 1.58 bits per heavy atom. The molecule has 0 unspecified atom stereocenters. The molecule has 0 aromatic carbocycles. The Morgan fingerprint density at radius 3 is 3.00 bits per heavy atom. The molecule has 0 saturated heterocycles. The van der Waals surface area contributed by atoms with E-state index in [2.05, 4.69) is 20.9 Å². The summed E-state index contributed by atoms with van der Waals surface area (Å²) in [6, 6.07) is 1.79. The molecular formula is C8H6BrClN2. The monoisotopic (exact) mass is 244 g/mol. The molecule has 0 amide bonds. The summed E-state index contributed by atoms with van der Waals surface area (Å²) >= 11 is 9.42. The summed E-state index contributed by atoms with van der Waals surface area (Å²) in [6.45, 7) is 0. The second kappa shape index (κ2) is 2.75. The van der Waals surface area contributed by atoms with Crippen LogP contribution in [0.25, 0.3) is 11.0 Å². The molecule has 0 saturated carbocycles. The predicted octanol–water partition coefficient (Wildman–Crippen LogP) is 2.99. The van der Waals surface area contributed by atoms with Crippen LogP contribution >= 0.6 is 27.5 Å². The van der Waals surface area contributed by atoms with E-state index in [0.29, 0.717) is 0 Å². The number of hydrogen-bond donors (Lipinski definition) is 0. The average Bonchev–Trinajstić information content (AvgIpc) is 2.29. The van der Waals surface area contributed by atoms with Gasteiger partial charge in [0.15, 0.2) is 0 Å². The van der Waals surface area contributed by atoms with Crippen molar-refractivity contribution >= 4 is 38.6 Å². The molecule has 4 heteroatoms. The van der Waals surface area contributed by atoms with Crippen LogP contribution in [0.3, 0.4) is 0 Å². The van der Waals surface area contributed by atoms with Gasteiger partial charge >= 0.3 is 0 Å². The largest absolute Gasteiger partial charge is 0.334 e. The van der Waals surface area contributed by atoms with Gasteiger partial charge in [-0.1, -0.05) is 11.6 Å². The van der Waals surface area contributed by atoms with Crippen LogP contribution in [0, 0.1) is 0 Å². The number of aromatic nitrogens is 2. The zero-order valence-electron chi connectivity index (χ0n) is 6.38. The summed E-state index contributed by atoms with van der Waals surface area (Å²) in [6.07, 6.45) is 3.65. The second-order valence-electron chi connectivity index (χ2n) is 2.58. The van der Waals surface area contributed by atoms with E-state index in [1.165, 1.54) is 0 Å². The van der Waals surface area contributed by atoms with Gasteiger partial charge in [-0.05, 0) is 22.0 Å². The molecule has 0 N–H and O–H groups in total. The molecule has 2 aromatic heterocycles. The van der Waals surface area contributed by atoms with Crippen molar-refractivity contribution in [2.75, 3.05) is 0 Å². The van der Waals surface area contributed by atoms with E-state index in [-0.39, 0.29) is 0 Å². The summed E-state index contributed by atoms with van der Waals surface area (Å²) in [7, 11) is 1.94. The Morgan fingerprint density at radius 2 is 2.33 bits per heavy atom. The summed E-state index contributed by atoms with van der Waals surface area (Å²) in [5.74, 6) is 0. The van der Waals surface area contributed by atoms with Gasteiger partial charge in [-0.25, -0.2) is 4.98 Å². The highest BCUT2D eigenvalue weighted by Crippen LogP contribution is 2.29. The SMILES string of the molecule is Cn1cc(Br)c2c(Cl)ccnc21. The van der Waals surface area contributed by atoms with Crippen molar-refractivity contribution in [2.24, 2.45) is 7.05 Å². The fourth-order valence-electron chi connectivity index (χ4n) is 1.21. The lowest BCUT2D eigenvalue weighted by Gasteiger charge is -1.94. The Hall–Kier alpha value is -0.540. The zero-order valence-corrected chi connectivity index (χ0v) is 8.72. The molecule has 0 fully saturated rings. The zero-order chi connectivity index (χ0) is 8.72. The molecular weight excluding hydrogens is 239 g/mol. The van der Waals surface area contributed by atoms with Crippen molar-refractivity contribution in [1.82, 2.24) is 9.55 Å². The van der Waals surface area contributed by atoms with Crippen LogP contribution in [-0.2, 0) is 7.05 Å². The highest BCUT2D eigenvalue weighted by Gasteiger charge is 2.07. The number of hydrogen-bond acceptors (Lipinski definition) is 1. The molecule has 0 atom stereocenters. The average molecular weight is 246 g/mol. The Balaban J connectivity index is 2.99. The molecule has 2 heterocycles. The maximum Gasteiger partial charge on any atom is 0.142 e. The molecule has 0 spiro atoms. The third-order valence-electron chi connectivity index (χ3n) is 1.76. The first-order valence-corrected chi connectivity index (χ1v) is 4.62. The van der Waals surface area contributed by atoms with Crippen molar-refractivity contribution in [3.8, 4) is 0 Å². The number of pyridine rings is 1. The minimum Gasteiger partial charge on any atom is -0.334 e. The molecule has 0 aliphatic heterocycles. The van der Waals surface area contributed by atoms with E-state index >= 15 is 0 Å². The van der Waals surface area contributed by atoms with Crippen molar-refractivity contribution in [2.45, 2.75) is 0 Å². The second-order valence-corrected chi connectivity index (χ2v) is 3.84. The summed E-state index contributed by atoms with van der Waals surface area (Å²) in [4.78, 5) is 4.21. The highest BCUT2D eigenvalue weighted by molar-refractivity contribution is 9.10. The minimum absolute atomic E-state index is 0.729. The smallest absolute Gasteiger partial charge is 0.142 e. The molecule has 2 rings (SSSR count). The fraction of sp³-hybridized carbons (Fsp3) is 0.125. The van der Waals surface area contributed by atoms with Gasteiger partial charge in [0.05, 0.1) is 10.4 Å². The van der Waals surface area contributed by atoms with Crippen LogP contribution in [0.4, 0.5) is 0 Å². The van der Waals surface area contributed by atoms with Crippen LogP contribution in [-0.4, -0.2) is 9.55 Å². The lowest BCUT2D eigenvalue weighted by molar-refractivity contribution is 0.946. The predicted molar refractivity (Wildman–Crippen MR) is 53.4 cm³/mol. The van der Waals surface area contributed by atoms with E-state index in [1.807, 2.05) is 17.8 Å². The van der Waals surface area contributed by atoms with E-state index in [9.17, 15) is 0 Å². The first-order valence-electron chi connectivity index (χ1n) is 3.45. The third-order valence-corrected chi connectivity index (χ3v) is 2.68. The van der Waals surface area contributed by atoms with Crippen LogP contribution < -0.4 is 0 Å². The number of rotatable bonds is 0. The normalized spacial score (nSPS) is 10.9. The Bertz CT molecular complexity index is 436. The number of aryl methyl sites for hydroxylation is 1. The molecule has 2 nitrogen and oxygen atoms in total. The van der Waals surface area contributed by atoms with E-state index in [1.54, 1.807) is 12.3 Å². The summed E-state index contributed by atoms with van der Waals surface area (Å²) < 4.78 is 2.92. The highest BCUT2D eigenvalue weighted by atomic mass is 79.9. The topological polar surface area (TPSA) is 17.8 Å². The van der Waals surface area contributed by atoms with E-state index in [0.717, 1.165) is 20.5 Å². The number of halogens is 2. The number of nitrogens with zero attached hydrogens (tertiary/aromatic N) is 2. The van der Waals surface area contributed by atoms with Gasteiger partial charge in [0, 0.05) is 23.9 Å². The van der Waals surface area contributed by atoms with Crippen molar-refractivity contribution in [3.63, 3.8) is 0 Å². The lowest BCUT2D eigenvalue weighted by atomic mass is 10.3. The van der Waals surface area contributed by atoms with Crippen LogP contribution in [0.5, 0.6) is 0 Å². The van der Waals surface area contributed by atoms with Crippen LogP contribution in [0.15, 0.2) is 22.9 Å². The van der Waals surface area contributed by atoms with Crippen LogP contribution in [0.1, 0.15) is 0 Å². The van der Waals surface area contributed by atoms with E-state index < -0.39 is 0 Å². The lowest BCUT2D eigenvalue weighted by Crippen LogP contribution is -1.86. The summed E-state index contributed by atoms with van der Waals surface area (Å²) in [5, 5.41) is 1.70. The molecule has 0 radical (unpaired) electrons. The van der Waals surface area contributed by atoms with Crippen LogP contribution in [0.2, 0.25) is 5.02 Å². The fourth-order valence-corrected chi connectivity index (χ4v) is 2.27. The van der Waals surface area contributed by atoms with Gasteiger partial charge in [-0.15, -0.1) is 0 Å². The quantitative estimate of drug-likeness (QED) is 0.698. The molecule has 0 aliphatic rings. The summed E-state index contributed by atoms with van der Waals surface area (Å²) in [5.41, 5.74) is 0.898. The first-order chi connectivity index (χ1) is 5.70. The van der Waals surface area contributed by atoms with Gasteiger partial charge < -0.3 is 4.57 Å². The van der Waals surface area contributed by atoms with Gasteiger partial charge in [-0.2, -0.15) is 0 Å².